The van der Waals surface area contributed by atoms with Crippen LogP contribution in [0, 0.1) is 11.6 Å². The van der Waals surface area contributed by atoms with Crippen LogP contribution in [0.4, 0.5) is 8.78 Å². The Morgan fingerprint density at radius 2 is 1.94 bits per heavy atom. The third-order valence-corrected chi connectivity index (χ3v) is 2.47. The first kappa shape index (κ1) is 11.7. The summed E-state index contributed by atoms with van der Waals surface area (Å²) in [6.07, 6.45) is 2.53. The Morgan fingerprint density at radius 3 is 2.65 bits per heavy atom. The summed E-state index contributed by atoms with van der Waals surface area (Å²) in [5.74, 6) is -0.956. The molecule has 0 saturated heterocycles. The molecule has 0 aliphatic heterocycles. The summed E-state index contributed by atoms with van der Waals surface area (Å²) in [6.45, 7) is 0.611. The van der Waals surface area contributed by atoms with Crippen molar-refractivity contribution in [1.29, 1.82) is 0 Å². The van der Waals surface area contributed by atoms with Crippen LogP contribution < -0.4 is 5.32 Å². The average Bonchev–Trinajstić information content (AvgIpc) is 2.33. The van der Waals surface area contributed by atoms with Gasteiger partial charge in [-0.2, -0.15) is 0 Å². The molecule has 0 spiro atoms. The first-order valence-electron chi connectivity index (χ1n) is 5.25. The van der Waals surface area contributed by atoms with E-state index in [-0.39, 0.29) is 11.1 Å². The summed E-state index contributed by atoms with van der Waals surface area (Å²) < 4.78 is 27.2. The zero-order valence-electron chi connectivity index (χ0n) is 9.37. The maximum Gasteiger partial charge on any atom is 0.149 e. The molecule has 0 aliphatic rings. The molecule has 0 fully saturated rings. The molecule has 0 bridgehead atoms. The second-order valence-corrected chi connectivity index (χ2v) is 3.70. The van der Waals surface area contributed by atoms with Crippen molar-refractivity contribution in [2.75, 3.05) is 7.05 Å². The minimum Gasteiger partial charge on any atom is -0.316 e. The SMILES string of the molecule is CNCc1ccc(F)c(-c2ccncc2F)c1. The zero-order chi connectivity index (χ0) is 12.3. The Labute approximate surface area is 98.3 Å². The molecule has 4 heteroatoms. The molecule has 1 aromatic heterocycles. The van der Waals surface area contributed by atoms with E-state index >= 15 is 0 Å². The molecule has 2 rings (SSSR count). The van der Waals surface area contributed by atoms with Crippen LogP contribution in [0.1, 0.15) is 5.56 Å². The summed E-state index contributed by atoms with van der Waals surface area (Å²) in [7, 11) is 1.80. The number of benzene rings is 1. The van der Waals surface area contributed by atoms with Crippen LogP contribution in [0.25, 0.3) is 11.1 Å². The molecule has 1 heterocycles. The number of pyridine rings is 1. The maximum absolute atomic E-state index is 13.7. The number of hydrogen-bond acceptors (Lipinski definition) is 2. The second kappa shape index (κ2) is 5.01. The van der Waals surface area contributed by atoms with Crippen molar-refractivity contribution in [2.45, 2.75) is 6.54 Å². The third kappa shape index (κ3) is 2.47. The molecule has 0 aliphatic carbocycles. The van der Waals surface area contributed by atoms with Crippen molar-refractivity contribution in [1.82, 2.24) is 10.3 Å². The van der Waals surface area contributed by atoms with E-state index in [4.69, 9.17) is 0 Å². The Hall–Kier alpha value is -1.81. The predicted octanol–water partition coefficient (Wildman–Crippen LogP) is 2.75. The van der Waals surface area contributed by atoms with Crippen LogP contribution in [0.3, 0.4) is 0 Å². The predicted molar refractivity (Wildman–Crippen MR) is 62.4 cm³/mol. The zero-order valence-corrected chi connectivity index (χ0v) is 9.37. The Kier molecular flexibility index (Phi) is 3.44. The van der Waals surface area contributed by atoms with Crippen molar-refractivity contribution >= 4 is 0 Å². The van der Waals surface area contributed by atoms with Gasteiger partial charge in [0.25, 0.3) is 0 Å². The molecule has 0 radical (unpaired) electrons. The van der Waals surface area contributed by atoms with E-state index < -0.39 is 11.6 Å². The molecular weight excluding hydrogens is 222 g/mol. The summed E-state index contributed by atoms with van der Waals surface area (Å²) in [5.41, 5.74) is 1.40. The minimum atomic E-state index is -0.520. The van der Waals surface area contributed by atoms with E-state index in [2.05, 4.69) is 10.3 Å². The van der Waals surface area contributed by atoms with E-state index in [1.54, 1.807) is 19.2 Å². The average molecular weight is 234 g/mol. The summed E-state index contributed by atoms with van der Waals surface area (Å²) in [5, 5.41) is 2.97. The molecule has 2 nitrogen and oxygen atoms in total. The molecule has 1 N–H and O–H groups in total. The van der Waals surface area contributed by atoms with Crippen LogP contribution in [0.2, 0.25) is 0 Å². The number of halogens is 2. The number of nitrogens with one attached hydrogen (secondary N) is 1. The number of hydrogen-bond donors (Lipinski definition) is 1. The third-order valence-electron chi connectivity index (χ3n) is 2.47. The fourth-order valence-electron chi connectivity index (χ4n) is 1.69. The lowest BCUT2D eigenvalue weighted by atomic mass is 10.0. The lowest BCUT2D eigenvalue weighted by Gasteiger charge is -2.07. The van der Waals surface area contributed by atoms with Gasteiger partial charge < -0.3 is 5.32 Å². The van der Waals surface area contributed by atoms with Gasteiger partial charge in [0, 0.05) is 23.9 Å². The van der Waals surface area contributed by atoms with Gasteiger partial charge in [-0.25, -0.2) is 8.78 Å². The van der Waals surface area contributed by atoms with E-state index in [1.807, 2.05) is 0 Å². The van der Waals surface area contributed by atoms with Crippen molar-refractivity contribution in [3.05, 3.63) is 53.9 Å². The van der Waals surface area contributed by atoms with Gasteiger partial charge in [-0.3, -0.25) is 4.98 Å². The molecule has 88 valence electrons. The van der Waals surface area contributed by atoms with Gasteiger partial charge in [0.1, 0.15) is 11.6 Å². The van der Waals surface area contributed by atoms with Crippen LogP contribution in [-0.4, -0.2) is 12.0 Å². The van der Waals surface area contributed by atoms with Gasteiger partial charge >= 0.3 is 0 Å². The number of rotatable bonds is 3. The highest BCUT2D eigenvalue weighted by Crippen LogP contribution is 2.25. The molecule has 2 aromatic rings. The Morgan fingerprint density at radius 1 is 1.12 bits per heavy atom. The molecule has 0 amide bonds. The smallest absolute Gasteiger partial charge is 0.149 e. The second-order valence-electron chi connectivity index (χ2n) is 3.70. The monoisotopic (exact) mass is 234 g/mol. The van der Waals surface area contributed by atoms with Crippen LogP contribution >= 0.6 is 0 Å². The Bertz CT molecular complexity index is 527. The van der Waals surface area contributed by atoms with E-state index in [1.165, 1.54) is 18.3 Å². The first-order chi connectivity index (χ1) is 8.22. The van der Waals surface area contributed by atoms with E-state index in [0.717, 1.165) is 11.8 Å². The van der Waals surface area contributed by atoms with Crippen molar-refractivity contribution in [3.8, 4) is 11.1 Å². The fraction of sp³-hybridized carbons (Fsp3) is 0.154. The lowest BCUT2D eigenvalue weighted by molar-refractivity contribution is 0.612. The van der Waals surface area contributed by atoms with Gasteiger partial charge in [-0.05, 0) is 30.8 Å². The molecular formula is C13H12F2N2. The highest BCUT2D eigenvalue weighted by Gasteiger charge is 2.10. The Balaban J connectivity index is 2.51. The van der Waals surface area contributed by atoms with Crippen LogP contribution in [-0.2, 0) is 6.54 Å². The lowest BCUT2D eigenvalue weighted by Crippen LogP contribution is -2.05. The summed E-state index contributed by atoms with van der Waals surface area (Å²) in [4.78, 5) is 3.65. The van der Waals surface area contributed by atoms with Crippen LogP contribution in [0.5, 0.6) is 0 Å². The van der Waals surface area contributed by atoms with E-state index in [0.29, 0.717) is 6.54 Å². The number of nitrogens with zero attached hydrogens (tertiary/aromatic N) is 1. The number of aromatic nitrogens is 1. The maximum atomic E-state index is 13.7. The summed E-state index contributed by atoms with van der Waals surface area (Å²) in [6, 6.07) is 6.14. The fourth-order valence-corrected chi connectivity index (χ4v) is 1.69. The largest absolute Gasteiger partial charge is 0.316 e. The van der Waals surface area contributed by atoms with Gasteiger partial charge in [-0.15, -0.1) is 0 Å². The molecule has 17 heavy (non-hydrogen) atoms. The van der Waals surface area contributed by atoms with Gasteiger partial charge in [0.2, 0.25) is 0 Å². The van der Waals surface area contributed by atoms with Gasteiger partial charge in [-0.1, -0.05) is 6.07 Å². The van der Waals surface area contributed by atoms with Crippen molar-refractivity contribution in [2.24, 2.45) is 0 Å². The topological polar surface area (TPSA) is 24.9 Å². The normalized spacial score (nSPS) is 10.5. The quantitative estimate of drug-likeness (QED) is 0.883. The van der Waals surface area contributed by atoms with Crippen LogP contribution in [0.15, 0.2) is 36.7 Å². The molecule has 1 aromatic carbocycles. The molecule has 0 atom stereocenters. The van der Waals surface area contributed by atoms with Crippen molar-refractivity contribution < 1.29 is 8.78 Å². The van der Waals surface area contributed by atoms with E-state index in [9.17, 15) is 8.78 Å². The van der Waals surface area contributed by atoms with Crippen molar-refractivity contribution in [3.63, 3.8) is 0 Å². The van der Waals surface area contributed by atoms with Gasteiger partial charge in [0.05, 0.1) is 6.20 Å². The minimum absolute atomic E-state index is 0.232. The summed E-state index contributed by atoms with van der Waals surface area (Å²) >= 11 is 0. The first-order valence-corrected chi connectivity index (χ1v) is 5.25. The molecule has 0 unspecified atom stereocenters. The highest BCUT2D eigenvalue weighted by atomic mass is 19.1. The van der Waals surface area contributed by atoms with Gasteiger partial charge in [0.15, 0.2) is 0 Å². The highest BCUT2D eigenvalue weighted by molar-refractivity contribution is 5.65. The standard InChI is InChI=1S/C13H12F2N2/c1-16-7-9-2-3-12(14)11(6-9)10-4-5-17-8-13(10)15/h2-6,8,16H,7H2,1H3. The molecule has 0 saturated carbocycles.